The molecule has 2 N–H and O–H groups in total. The first kappa shape index (κ1) is 14.9. The van der Waals surface area contributed by atoms with E-state index in [1.54, 1.807) is 30.5 Å². The molecule has 0 saturated carbocycles. The summed E-state index contributed by atoms with van der Waals surface area (Å²) in [6.07, 6.45) is 2.61. The van der Waals surface area contributed by atoms with Gasteiger partial charge in [-0.15, -0.1) is 0 Å². The number of benzene rings is 1. The standard InChI is InChI=1S/C14H14BrClN2O2/c1-2-5-20-13-4-3-10(7-11(13)16)18-14(19)12-6-9(15)8-17-12/h3-4,6-8,17H,2,5H2,1H3,(H,18,19). The van der Waals surface area contributed by atoms with Crippen LogP contribution in [0.1, 0.15) is 23.8 Å². The number of halogens is 2. The van der Waals surface area contributed by atoms with Crippen molar-refractivity contribution in [1.82, 2.24) is 4.98 Å². The molecule has 1 amide bonds. The highest BCUT2D eigenvalue weighted by Gasteiger charge is 2.09. The molecule has 0 radical (unpaired) electrons. The van der Waals surface area contributed by atoms with Crippen molar-refractivity contribution < 1.29 is 9.53 Å². The largest absolute Gasteiger partial charge is 0.492 e. The number of hydrogen-bond donors (Lipinski definition) is 2. The fraction of sp³-hybridized carbons (Fsp3) is 0.214. The second-order valence-electron chi connectivity index (χ2n) is 4.18. The first-order chi connectivity index (χ1) is 9.60. The van der Waals surface area contributed by atoms with E-state index >= 15 is 0 Å². The van der Waals surface area contributed by atoms with E-state index in [2.05, 4.69) is 26.2 Å². The third kappa shape index (κ3) is 3.77. The normalized spacial score (nSPS) is 10.3. The van der Waals surface area contributed by atoms with Crippen molar-refractivity contribution in [2.75, 3.05) is 11.9 Å². The Morgan fingerprint density at radius 3 is 2.85 bits per heavy atom. The van der Waals surface area contributed by atoms with Crippen molar-refractivity contribution in [3.05, 3.63) is 45.7 Å². The highest BCUT2D eigenvalue weighted by Crippen LogP contribution is 2.28. The zero-order valence-corrected chi connectivity index (χ0v) is 13.2. The summed E-state index contributed by atoms with van der Waals surface area (Å²) in [4.78, 5) is 14.8. The lowest BCUT2D eigenvalue weighted by atomic mass is 10.3. The summed E-state index contributed by atoms with van der Waals surface area (Å²) < 4.78 is 6.30. The number of aromatic nitrogens is 1. The lowest BCUT2D eigenvalue weighted by Crippen LogP contribution is -2.12. The molecule has 0 fully saturated rings. The van der Waals surface area contributed by atoms with Gasteiger partial charge in [0.1, 0.15) is 11.4 Å². The number of hydrogen-bond acceptors (Lipinski definition) is 2. The maximum Gasteiger partial charge on any atom is 0.272 e. The minimum atomic E-state index is -0.228. The van der Waals surface area contributed by atoms with Crippen molar-refractivity contribution in [2.24, 2.45) is 0 Å². The number of carbonyl (C=O) groups excluding carboxylic acids is 1. The van der Waals surface area contributed by atoms with Crippen LogP contribution in [0.25, 0.3) is 0 Å². The van der Waals surface area contributed by atoms with E-state index in [0.717, 1.165) is 10.9 Å². The zero-order chi connectivity index (χ0) is 14.5. The molecule has 0 bridgehead atoms. The van der Waals surface area contributed by atoms with Gasteiger partial charge in [-0.05, 0) is 46.6 Å². The third-order valence-corrected chi connectivity index (χ3v) is 3.30. The number of aromatic amines is 1. The number of H-pyrrole nitrogens is 1. The summed E-state index contributed by atoms with van der Waals surface area (Å²) in [5.41, 5.74) is 1.09. The van der Waals surface area contributed by atoms with Crippen molar-refractivity contribution in [2.45, 2.75) is 13.3 Å². The van der Waals surface area contributed by atoms with E-state index in [0.29, 0.717) is 28.8 Å². The molecule has 6 heteroatoms. The molecule has 0 atom stereocenters. The third-order valence-electron chi connectivity index (χ3n) is 2.54. The van der Waals surface area contributed by atoms with Crippen molar-refractivity contribution in [3.63, 3.8) is 0 Å². The highest BCUT2D eigenvalue weighted by atomic mass is 79.9. The molecule has 0 spiro atoms. The summed E-state index contributed by atoms with van der Waals surface area (Å²) in [5, 5.41) is 3.24. The van der Waals surface area contributed by atoms with E-state index < -0.39 is 0 Å². The minimum Gasteiger partial charge on any atom is -0.492 e. The monoisotopic (exact) mass is 356 g/mol. The van der Waals surface area contributed by atoms with E-state index in [9.17, 15) is 4.79 Å². The van der Waals surface area contributed by atoms with Gasteiger partial charge in [0.2, 0.25) is 0 Å². The van der Waals surface area contributed by atoms with Crippen LogP contribution in [-0.4, -0.2) is 17.5 Å². The summed E-state index contributed by atoms with van der Waals surface area (Å²) >= 11 is 9.39. The Balaban J connectivity index is 2.06. The Morgan fingerprint density at radius 2 is 2.25 bits per heavy atom. The van der Waals surface area contributed by atoms with E-state index in [1.165, 1.54) is 0 Å². The van der Waals surface area contributed by atoms with Crippen LogP contribution in [0.5, 0.6) is 5.75 Å². The average molecular weight is 358 g/mol. The highest BCUT2D eigenvalue weighted by molar-refractivity contribution is 9.10. The fourth-order valence-corrected chi connectivity index (χ4v) is 2.18. The van der Waals surface area contributed by atoms with Gasteiger partial charge in [-0.25, -0.2) is 0 Å². The molecular formula is C14H14BrClN2O2. The lowest BCUT2D eigenvalue weighted by molar-refractivity contribution is 0.102. The number of nitrogens with one attached hydrogen (secondary N) is 2. The maximum absolute atomic E-state index is 12.0. The van der Waals surface area contributed by atoms with E-state index in [-0.39, 0.29) is 5.91 Å². The maximum atomic E-state index is 12.0. The Labute approximate surface area is 130 Å². The Bertz CT molecular complexity index is 613. The summed E-state index contributed by atoms with van der Waals surface area (Å²) in [5.74, 6) is 0.392. The lowest BCUT2D eigenvalue weighted by Gasteiger charge is -2.09. The van der Waals surface area contributed by atoms with Crippen molar-refractivity contribution in [3.8, 4) is 5.75 Å². The van der Waals surface area contributed by atoms with Crippen LogP contribution in [0.4, 0.5) is 5.69 Å². The molecule has 1 heterocycles. The van der Waals surface area contributed by atoms with Crippen LogP contribution < -0.4 is 10.1 Å². The van der Waals surface area contributed by atoms with Gasteiger partial charge in [0.15, 0.2) is 0 Å². The molecule has 0 aliphatic heterocycles. The first-order valence-electron chi connectivity index (χ1n) is 6.17. The van der Waals surface area contributed by atoms with E-state index in [4.69, 9.17) is 16.3 Å². The Morgan fingerprint density at radius 1 is 1.45 bits per heavy atom. The molecule has 0 saturated heterocycles. The molecule has 1 aromatic heterocycles. The van der Waals surface area contributed by atoms with Gasteiger partial charge in [-0.3, -0.25) is 4.79 Å². The topological polar surface area (TPSA) is 54.1 Å². The van der Waals surface area contributed by atoms with Crippen molar-refractivity contribution >= 4 is 39.1 Å². The molecule has 2 rings (SSSR count). The van der Waals surface area contributed by atoms with Crippen molar-refractivity contribution in [1.29, 1.82) is 0 Å². The van der Waals surface area contributed by atoms with Gasteiger partial charge in [0.25, 0.3) is 5.91 Å². The summed E-state index contributed by atoms with van der Waals surface area (Å²) in [6.45, 7) is 2.64. The van der Waals surface area contributed by atoms with Gasteiger partial charge < -0.3 is 15.0 Å². The van der Waals surface area contributed by atoms with E-state index in [1.807, 2.05) is 6.92 Å². The molecule has 2 aromatic rings. The molecule has 106 valence electrons. The predicted molar refractivity (Wildman–Crippen MR) is 83.7 cm³/mol. The molecule has 0 aliphatic carbocycles. The number of carbonyl (C=O) groups is 1. The molecule has 0 aliphatic rings. The number of amides is 1. The zero-order valence-electron chi connectivity index (χ0n) is 10.9. The van der Waals surface area contributed by atoms with Crippen LogP contribution in [0.3, 0.4) is 0 Å². The average Bonchev–Trinajstić information content (AvgIpc) is 2.85. The van der Waals surface area contributed by atoms with Crippen LogP contribution in [0.15, 0.2) is 34.9 Å². The molecule has 4 nitrogen and oxygen atoms in total. The Hall–Kier alpha value is -1.46. The summed E-state index contributed by atoms with van der Waals surface area (Å²) in [7, 11) is 0. The smallest absolute Gasteiger partial charge is 0.272 e. The molecule has 20 heavy (non-hydrogen) atoms. The summed E-state index contributed by atoms with van der Waals surface area (Å²) in [6, 6.07) is 6.88. The number of anilines is 1. The second-order valence-corrected chi connectivity index (χ2v) is 5.50. The Kier molecular flexibility index (Phi) is 5.09. The van der Waals surface area contributed by atoms with Crippen LogP contribution >= 0.6 is 27.5 Å². The quantitative estimate of drug-likeness (QED) is 0.829. The number of rotatable bonds is 5. The minimum absolute atomic E-state index is 0.228. The first-order valence-corrected chi connectivity index (χ1v) is 7.35. The van der Waals surface area contributed by atoms with Gasteiger partial charge in [-0.1, -0.05) is 18.5 Å². The van der Waals surface area contributed by atoms with Gasteiger partial charge in [0.05, 0.1) is 11.6 Å². The fourth-order valence-electron chi connectivity index (χ4n) is 1.61. The van der Waals surface area contributed by atoms with Crippen LogP contribution in [-0.2, 0) is 0 Å². The molecule has 0 unspecified atom stereocenters. The van der Waals surface area contributed by atoms with Gasteiger partial charge >= 0.3 is 0 Å². The molecular weight excluding hydrogens is 344 g/mol. The molecule has 1 aromatic carbocycles. The predicted octanol–water partition coefficient (Wildman–Crippen LogP) is 4.47. The SMILES string of the molecule is CCCOc1ccc(NC(=O)c2cc(Br)c[nH]2)cc1Cl. The van der Waals surface area contributed by atoms with Crippen LogP contribution in [0, 0.1) is 0 Å². The van der Waals surface area contributed by atoms with Gasteiger partial charge in [0, 0.05) is 16.4 Å². The number of ether oxygens (including phenoxy) is 1. The van der Waals surface area contributed by atoms with Gasteiger partial charge in [-0.2, -0.15) is 0 Å². The second kappa shape index (κ2) is 6.81. The van der Waals surface area contributed by atoms with Crippen LogP contribution in [0.2, 0.25) is 5.02 Å².